The molecule has 0 aliphatic rings. The minimum absolute atomic E-state index is 0.162. The molecule has 0 fully saturated rings. The molecule has 0 saturated heterocycles. The number of rotatable bonds is 11. The van der Waals surface area contributed by atoms with Crippen LogP contribution in [-0.2, 0) is 13.6 Å². The number of benzene rings is 2. The molecule has 0 unspecified atom stereocenters. The zero-order valence-electron chi connectivity index (χ0n) is 18.2. The number of nitrogens with zero attached hydrogens (tertiary/aromatic N) is 1. The number of hydrogen-bond donors (Lipinski definition) is 1. The first-order valence-corrected chi connectivity index (χ1v) is 10.9. The van der Waals surface area contributed by atoms with Crippen LogP contribution in [0.3, 0.4) is 0 Å². The van der Waals surface area contributed by atoms with Crippen molar-refractivity contribution in [3.8, 4) is 11.5 Å². The number of unbranched alkanes of at least 4 members (excludes halogenated alkanes) is 2. The molecule has 0 saturated carbocycles. The van der Waals surface area contributed by atoms with Gasteiger partial charge in [0.1, 0.15) is 0 Å². The number of fused-ring (bicyclic) bond motifs is 1. The summed E-state index contributed by atoms with van der Waals surface area (Å²) in [4.78, 5) is 13.1. The van der Waals surface area contributed by atoms with Crippen LogP contribution in [-0.4, -0.2) is 17.8 Å². The Kier molecular flexibility index (Phi) is 7.77. The number of anilines is 1. The lowest BCUT2D eigenvalue weighted by molar-refractivity contribution is 0.260. The fourth-order valence-corrected chi connectivity index (χ4v) is 3.30. The zero-order valence-corrected chi connectivity index (χ0v) is 18.2. The smallest absolute Gasteiger partial charge is 0.297 e. The Hall–Kier alpha value is -2.95. The molecule has 0 radical (unpaired) electrons. The molecule has 5 heteroatoms. The van der Waals surface area contributed by atoms with Crippen LogP contribution < -0.4 is 20.3 Å². The molecule has 1 heterocycles. The fourth-order valence-electron chi connectivity index (χ4n) is 3.30. The molecule has 2 aromatic carbocycles. The average Bonchev–Trinajstić information content (AvgIpc) is 2.78. The average molecular weight is 409 g/mol. The van der Waals surface area contributed by atoms with Crippen LogP contribution in [0.15, 0.2) is 53.3 Å². The Labute approximate surface area is 178 Å². The summed E-state index contributed by atoms with van der Waals surface area (Å²) >= 11 is 0. The number of aryl methyl sites for hydroxylation is 1. The predicted molar refractivity (Wildman–Crippen MR) is 124 cm³/mol. The zero-order chi connectivity index (χ0) is 21.3. The van der Waals surface area contributed by atoms with Crippen LogP contribution in [0.25, 0.3) is 10.9 Å². The number of hydrogen-bond acceptors (Lipinski definition) is 4. The summed E-state index contributed by atoms with van der Waals surface area (Å²) in [5.41, 5.74) is 2.83. The second-order valence-electron chi connectivity index (χ2n) is 7.50. The summed E-state index contributed by atoms with van der Waals surface area (Å²) in [5.74, 6) is 0.881. The molecule has 0 aliphatic carbocycles. The van der Waals surface area contributed by atoms with E-state index in [9.17, 15) is 4.79 Å². The quantitative estimate of drug-likeness (QED) is 0.425. The molecule has 0 atom stereocenters. The Morgan fingerprint density at radius 3 is 2.23 bits per heavy atom. The summed E-state index contributed by atoms with van der Waals surface area (Å²) in [5, 5.41) is 4.33. The molecular weight excluding hydrogens is 376 g/mol. The minimum Gasteiger partial charge on any atom is -0.489 e. The van der Waals surface area contributed by atoms with Gasteiger partial charge in [0.05, 0.1) is 18.7 Å². The Balaban J connectivity index is 1.96. The van der Waals surface area contributed by atoms with Crippen LogP contribution in [0.1, 0.15) is 45.1 Å². The largest absolute Gasteiger partial charge is 0.489 e. The van der Waals surface area contributed by atoms with E-state index in [0.29, 0.717) is 24.7 Å². The first-order valence-electron chi connectivity index (χ1n) is 10.9. The maximum Gasteiger partial charge on any atom is 0.297 e. The molecule has 160 valence electrons. The van der Waals surface area contributed by atoms with Gasteiger partial charge in [-0.05, 0) is 36.6 Å². The molecule has 1 aromatic heterocycles. The maximum absolute atomic E-state index is 13.1. The van der Waals surface area contributed by atoms with Gasteiger partial charge in [0.25, 0.3) is 5.56 Å². The topological polar surface area (TPSA) is 52.5 Å². The van der Waals surface area contributed by atoms with Gasteiger partial charge in [-0.2, -0.15) is 0 Å². The fraction of sp³-hybridized carbons (Fsp3) is 0.400. The molecule has 30 heavy (non-hydrogen) atoms. The van der Waals surface area contributed by atoms with Gasteiger partial charge in [-0.25, -0.2) is 0 Å². The Morgan fingerprint density at radius 1 is 0.900 bits per heavy atom. The lowest BCUT2D eigenvalue weighted by Crippen LogP contribution is -2.21. The third-order valence-corrected chi connectivity index (χ3v) is 5.14. The molecule has 3 rings (SSSR count). The number of ether oxygens (including phenoxy) is 2. The Bertz CT molecular complexity index is 1010. The van der Waals surface area contributed by atoms with Crippen molar-refractivity contribution in [2.45, 2.75) is 46.1 Å². The van der Waals surface area contributed by atoms with Gasteiger partial charge < -0.3 is 19.4 Å². The first-order chi connectivity index (χ1) is 14.7. The van der Waals surface area contributed by atoms with Crippen molar-refractivity contribution in [1.82, 2.24) is 4.57 Å². The van der Waals surface area contributed by atoms with E-state index in [2.05, 4.69) is 31.3 Å². The highest BCUT2D eigenvalue weighted by Crippen LogP contribution is 2.34. The third-order valence-electron chi connectivity index (χ3n) is 5.14. The SMILES string of the molecule is CCCCOc1c(OCCCC)c2ccc(NCc3ccccc3)cc2n(C)c1=O. The van der Waals surface area contributed by atoms with Gasteiger partial charge >= 0.3 is 0 Å². The van der Waals surface area contributed by atoms with E-state index in [1.165, 1.54) is 5.56 Å². The highest BCUT2D eigenvalue weighted by molar-refractivity contribution is 5.90. The van der Waals surface area contributed by atoms with Crippen molar-refractivity contribution in [3.63, 3.8) is 0 Å². The van der Waals surface area contributed by atoms with Crippen molar-refractivity contribution in [3.05, 3.63) is 64.4 Å². The normalized spacial score (nSPS) is 10.9. The summed E-state index contributed by atoms with van der Waals surface area (Å²) in [6.07, 6.45) is 3.87. The van der Waals surface area contributed by atoms with E-state index in [0.717, 1.165) is 48.8 Å². The summed E-state index contributed by atoms with van der Waals surface area (Å²) in [7, 11) is 1.79. The Morgan fingerprint density at radius 2 is 1.57 bits per heavy atom. The van der Waals surface area contributed by atoms with E-state index >= 15 is 0 Å². The van der Waals surface area contributed by atoms with E-state index < -0.39 is 0 Å². The van der Waals surface area contributed by atoms with E-state index in [1.807, 2.05) is 36.4 Å². The van der Waals surface area contributed by atoms with Crippen LogP contribution in [0, 0.1) is 0 Å². The van der Waals surface area contributed by atoms with Crippen LogP contribution in [0.5, 0.6) is 11.5 Å². The molecule has 3 aromatic rings. The third kappa shape index (κ3) is 5.15. The van der Waals surface area contributed by atoms with Crippen LogP contribution in [0.2, 0.25) is 0 Å². The van der Waals surface area contributed by atoms with Crippen molar-refractivity contribution in [2.75, 3.05) is 18.5 Å². The predicted octanol–water partition coefficient (Wildman–Crippen LogP) is 5.51. The second-order valence-corrected chi connectivity index (χ2v) is 7.50. The maximum atomic E-state index is 13.1. The number of nitrogens with one attached hydrogen (secondary N) is 1. The van der Waals surface area contributed by atoms with E-state index in [-0.39, 0.29) is 5.56 Å². The minimum atomic E-state index is -0.162. The highest BCUT2D eigenvalue weighted by Gasteiger charge is 2.18. The molecular formula is C25H32N2O3. The van der Waals surface area contributed by atoms with Crippen molar-refractivity contribution in [1.29, 1.82) is 0 Å². The van der Waals surface area contributed by atoms with Crippen LogP contribution in [0.4, 0.5) is 5.69 Å². The molecule has 1 N–H and O–H groups in total. The van der Waals surface area contributed by atoms with Crippen molar-refractivity contribution >= 4 is 16.6 Å². The van der Waals surface area contributed by atoms with Crippen LogP contribution >= 0.6 is 0 Å². The van der Waals surface area contributed by atoms with Gasteiger partial charge in [0, 0.05) is 24.7 Å². The van der Waals surface area contributed by atoms with Gasteiger partial charge in [0.2, 0.25) is 5.75 Å². The lowest BCUT2D eigenvalue weighted by Gasteiger charge is -2.18. The van der Waals surface area contributed by atoms with Gasteiger partial charge in [0.15, 0.2) is 5.75 Å². The molecule has 0 aliphatic heterocycles. The van der Waals surface area contributed by atoms with Gasteiger partial charge in [-0.15, -0.1) is 0 Å². The van der Waals surface area contributed by atoms with Gasteiger partial charge in [-0.3, -0.25) is 4.79 Å². The van der Waals surface area contributed by atoms with Crippen molar-refractivity contribution < 1.29 is 9.47 Å². The monoisotopic (exact) mass is 408 g/mol. The standard InChI is InChI=1S/C25H32N2O3/c1-4-6-15-29-23-21-14-13-20(26-18-19-11-9-8-10-12-19)17-22(21)27(3)25(28)24(23)30-16-7-5-2/h8-14,17,26H,4-7,15-16,18H2,1-3H3. The second kappa shape index (κ2) is 10.7. The number of aromatic nitrogens is 1. The molecule has 0 amide bonds. The summed E-state index contributed by atoms with van der Waals surface area (Å²) < 4.78 is 13.6. The lowest BCUT2D eigenvalue weighted by atomic mass is 10.1. The highest BCUT2D eigenvalue weighted by atomic mass is 16.5. The molecule has 0 spiro atoms. The van der Waals surface area contributed by atoms with Crippen molar-refractivity contribution in [2.24, 2.45) is 7.05 Å². The molecule has 0 bridgehead atoms. The van der Waals surface area contributed by atoms with E-state index in [1.54, 1.807) is 11.6 Å². The van der Waals surface area contributed by atoms with Gasteiger partial charge in [-0.1, -0.05) is 57.0 Å². The molecule has 5 nitrogen and oxygen atoms in total. The summed E-state index contributed by atoms with van der Waals surface area (Å²) in [6.45, 7) is 6.02. The summed E-state index contributed by atoms with van der Waals surface area (Å²) in [6, 6.07) is 16.3. The first kappa shape index (κ1) is 21.8. The number of pyridine rings is 1. The van der Waals surface area contributed by atoms with E-state index in [4.69, 9.17) is 9.47 Å².